The summed E-state index contributed by atoms with van der Waals surface area (Å²) in [5.41, 5.74) is 0. The van der Waals surface area contributed by atoms with E-state index in [-0.39, 0.29) is 26.4 Å². The average Bonchev–Trinajstić information content (AvgIpc) is 2.13. The molecule has 13 heavy (non-hydrogen) atoms. The molecule has 0 unspecified atom stereocenters. The van der Waals surface area contributed by atoms with Crippen molar-refractivity contribution in [2.45, 2.75) is 12.8 Å². The Balaban J connectivity index is 3.11. The van der Waals surface area contributed by atoms with E-state index in [1.54, 1.807) is 0 Å². The van der Waals surface area contributed by atoms with Gasteiger partial charge in [0, 0.05) is 6.61 Å². The van der Waals surface area contributed by atoms with Crippen molar-refractivity contribution in [2.75, 3.05) is 33.0 Å². The summed E-state index contributed by atoms with van der Waals surface area (Å²) in [5, 5.41) is 16.7. The van der Waals surface area contributed by atoms with Gasteiger partial charge in [0.05, 0.1) is 19.8 Å². The van der Waals surface area contributed by atoms with Crippen molar-refractivity contribution in [2.24, 2.45) is 0 Å². The van der Waals surface area contributed by atoms with Crippen LogP contribution < -0.4 is 0 Å². The van der Waals surface area contributed by atoms with Crippen LogP contribution in [0.1, 0.15) is 12.8 Å². The molecule has 0 spiro atoms. The number of aliphatic hydroxyl groups is 2. The fraction of sp³-hybridized carbons (Fsp3) is 0.875. The Morgan fingerprint density at radius 2 is 1.85 bits per heavy atom. The lowest BCUT2D eigenvalue weighted by molar-refractivity contribution is -0.149. The third-order valence-electron chi connectivity index (χ3n) is 1.27. The zero-order valence-electron chi connectivity index (χ0n) is 7.57. The lowest BCUT2D eigenvalue weighted by Gasteiger charge is -2.03. The molecule has 0 aliphatic carbocycles. The Morgan fingerprint density at radius 3 is 2.46 bits per heavy atom. The van der Waals surface area contributed by atoms with Crippen LogP contribution in [-0.4, -0.2) is 49.2 Å². The topological polar surface area (TPSA) is 76.0 Å². The first-order chi connectivity index (χ1) is 6.31. The highest BCUT2D eigenvalue weighted by Crippen LogP contribution is 1.89. The van der Waals surface area contributed by atoms with Gasteiger partial charge in [-0.2, -0.15) is 0 Å². The predicted octanol–water partition coefficient (Wildman–Crippen LogP) is -0.689. The van der Waals surface area contributed by atoms with E-state index < -0.39 is 5.97 Å². The molecule has 2 N–H and O–H groups in total. The fourth-order valence-corrected chi connectivity index (χ4v) is 0.662. The number of esters is 1. The zero-order chi connectivity index (χ0) is 9.94. The molecule has 78 valence electrons. The summed E-state index contributed by atoms with van der Waals surface area (Å²) in [6.07, 6.45) is 1.28. The third-order valence-corrected chi connectivity index (χ3v) is 1.27. The monoisotopic (exact) mass is 192 g/mol. The van der Waals surface area contributed by atoms with Gasteiger partial charge in [-0.25, -0.2) is 4.79 Å². The molecule has 0 radical (unpaired) electrons. The molecule has 0 saturated heterocycles. The van der Waals surface area contributed by atoms with E-state index in [0.29, 0.717) is 19.4 Å². The summed E-state index contributed by atoms with van der Waals surface area (Å²) >= 11 is 0. The molecule has 0 aliphatic heterocycles. The van der Waals surface area contributed by atoms with Crippen molar-refractivity contribution in [3.8, 4) is 0 Å². The minimum atomic E-state index is -0.439. The number of aliphatic hydroxyl groups excluding tert-OH is 2. The van der Waals surface area contributed by atoms with Gasteiger partial charge in [0.2, 0.25) is 0 Å². The minimum Gasteiger partial charge on any atom is -0.464 e. The molecule has 0 bridgehead atoms. The van der Waals surface area contributed by atoms with Crippen LogP contribution in [-0.2, 0) is 14.3 Å². The highest BCUT2D eigenvalue weighted by Gasteiger charge is 2.01. The van der Waals surface area contributed by atoms with Crippen LogP contribution in [0.4, 0.5) is 0 Å². The lowest BCUT2D eigenvalue weighted by Crippen LogP contribution is -2.15. The van der Waals surface area contributed by atoms with Crippen LogP contribution in [0.2, 0.25) is 0 Å². The van der Waals surface area contributed by atoms with Crippen LogP contribution in [0, 0.1) is 0 Å². The second-order valence-electron chi connectivity index (χ2n) is 2.43. The van der Waals surface area contributed by atoms with Crippen molar-refractivity contribution in [1.82, 2.24) is 0 Å². The second-order valence-corrected chi connectivity index (χ2v) is 2.43. The van der Waals surface area contributed by atoms with Gasteiger partial charge in [-0.05, 0) is 12.8 Å². The first-order valence-electron chi connectivity index (χ1n) is 4.26. The number of carbonyl (C=O) groups excluding carboxylic acids is 1. The molecule has 0 rings (SSSR count). The average molecular weight is 192 g/mol. The number of ether oxygens (including phenoxy) is 2. The van der Waals surface area contributed by atoms with Crippen LogP contribution in [0.5, 0.6) is 0 Å². The summed E-state index contributed by atoms with van der Waals surface area (Å²) < 4.78 is 9.46. The predicted molar refractivity (Wildman–Crippen MR) is 45.2 cm³/mol. The van der Waals surface area contributed by atoms with E-state index in [1.807, 2.05) is 0 Å². The number of rotatable bonds is 8. The highest BCUT2D eigenvalue weighted by atomic mass is 16.6. The molecule has 0 amide bonds. The quantitative estimate of drug-likeness (QED) is 0.393. The maximum atomic E-state index is 10.8. The smallest absolute Gasteiger partial charge is 0.332 e. The lowest BCUT2D eigenvalue weighted by atomic mass is 10.3. The SMILES string of the molecule is O=C(COCCO)OCCCCO. The molecule has 5 nitrogen and oxygen atoms in total. The van der Waals surface area contributed by atoms with E-state index in [9.17, 15) is 4.79 Å². The van der Waals surface area contributed by atoms with E-state index in [1.165, 1.54) is 0 Å². The summed E-state index contributed by atoms with van der Waals surface area (Å²) in [7, 11) is 0. The van der Waals surface area contributed by atoms with E-state index in [4.69, 9.17) is 19.7 Å². The van der Waals surface area contributed by atoms with Gasteiger partial charge < -0.3 is 19.7 Å². The summed E-state index contributed by atoms with van der Waals surface area (Å²) in [5.74, 6) is -0.439. The molecule has 5 heteroatoms. The normalized spacial score (nSPS) is 10.0. The Bertz CT molecular complexity index is 126. The molecule has 0 aromatic rings. The Morgan fingerprint density at radius 1 is 1.08 bits per heavy atom. The van der Waals surface area contributed by atoms with Crippen LogP contribution in [0.25, 0.3) is 0 Å². The van der Waals surface area contributed by atoms with Crippen LogP contribution in [0.3, 0.4) is 0 Å². The van der Waals surface area contributed by atoms with Crippen LogP contribution in [0.15, 0.2) is 0 Å². The maximum Gasteiger partial charge on any atom is 0.332 e. The standard InChI is InChI=1S/C8H16O5/c9-3-1-2-5-13-8(11)7-12-6-4-10/h9-10H,1-7H2. The van der Waals surface area contributed by atoms with Gasteiger partial charge in [0.15, 0.2) is 0 Å². The largest absolute Gasteiger partial charge is 0.464 e. The molecule has 0 aromatic carbocycles. The Kier molecular flexibility index (Phi) is 8.97. The molecule has 0 heterocycles. The van der Waals surface area contributed by atoms with Gasteiger partial charge in [-0.1, -0.05) is 0 Å². The number of hydrogen-bond acceptors (Lipinski definition) is 5. The van der Waals surface area contributed by atoms with E-state index in [0.717, 1.165) is 0 Å². The molecule has 0 aromatic heterocycles. The van der Waals surface area contributed by atoms with Gasteiger partial charge in [-0.3, -0.25) is 0 Å². The van der Waals surface area contributed by atoms with Crippen LogP contribution >= 0.6 is 0 Å². The minimum absolute atomic E-state index is 0.0994. The number of carbonyl (C=O) groups is 1. The third kappa shape index (κ3) is 9.26. The van der Waals surface area contributed by atoms with Crippen molar-refractivity contribution < 1.29 is 24.5 Å². The van der Waals surface area contributed by atoms with E-state index >= 15 is 0 Å². The molecule has 0 atom stereocenters. The summed E-state index contributed by atoms with van der Waals surface area (Å²) in [6.45, 7) is 0.337. The van der Waals surface area contributed by atoms with Crippen molar-refractivity contribution in [3.05, 3.63) is 0 Å². The molecule has 0 aliphatic rings. The fourth-order valence-electron chi connectivity index (χ4n) is 0.662. The summed E-state index contributed by atoms with van der Waals surface area (Å²) in [6, 6.07) is 0. The molecule has 0 saturated carbocycles. The number of hydrogen-bond donors (Lipinski definition) is 2. The van der Waals surface area contributed by atoms with Gasteiger partial charge >= 0.3 is 5.97 Å². The van der Waals surface area contributed by atoms with Gasteiger partial charge in [0.25, 0.3) is 0 Å². The first kappa shape index (κ1) is 12.3. The molecular weight excluding hydrogens is 176 g/mol. The zero-order valence-corrected chi connectivity index (χ0v) is 7.57. The van der Waals surface area contributed by atoms with Crippen molar-refractivity contribution in [3.63, 3.8) is 0 Å². The Hall–Kier alpha value is -0.650. The maximum absolute atomic E-state index is 10.8. The number of unbranched alkanes of at least 4 members (excludes halogenated alkanes) is 1. The van der Waals surface area contributed by atoms with Gasteiger partial charge in [0.1, 0.15) is 6.61 Å². The van der Waals surface area contributed by atoms with Crippen molar-refractivity contribution in [1.29, 1.82) is 0 Å². The van der Waals surface area contributed by atoms with Gasteiger partial charge in [-0.15, -0.1) is 0 Å². The first-order valence-corrected chi connectivity index (χ1v) is 4.26. The summed E-state index contributed by atoms with van der Waals surface area (Å²) in [4.78, 5) is 10.8. The van der Waals surface area contributed by atoms with Crippen molar-refractivity contribution >= 4 is 5.97 Å². The van der Waals surface area contributed by atoms with E-state index in [2.05, 4.69) is 0 Å². The second kappa shape index (κ2) is 9.44. The molecular formula is C8H16O5. The Labute approximate surface area is 77.3 Å². The molecule has 0 fully saturated rings. The highest BCUT2D eigenvalue weighted by molar-refractivity contribution is 5.70.